The van der Waals surface area contributed by atoms with E-state index in [9.17, 15) is 14.7 Å². The molecule has 0 spiro atoms. The summed E-state index contributed by atoms with van der Waals surface area (Å²) in [5.41, 5.74) is 1.60. The normalized spacial score (nSPS) is 22.8. The summed E-state index contributed by atoms with van der Waals surface area (Å²) in [5, 5.41) is 11.1. The zero-order valence-electron chi connectivity index (χ0n) is 16.4. The van der Waals surface area contributed by atoms with Gasteiger partial charge >= 0.3 is 5.97 Å². The lowest BCUT2D eigenvalue weighted by Gasteiger charge is -2.47. The van der Waals surface area contributed by atoms with Gasteiger partial charge in [0, 0.05) is 34.7 Å². The van der Waals surface area contributed by atoms with Crippen LogP contribution >= 0.6 is 35.1 Å². The Morgan fingerprint density at radius 2 is 1.80 bits per heavy atom. The number of fused-ring (bicyclic) bond motifs is 1. The smallest absolute Gasteiger partial charge is 0.313 e. The highest BCUT2D eigenvalue weighted by molar-refractivity contribution is 7.96. The third kappa shape index (κ3) is 3.82. The monoisotopic (exact) mass is 464 g/mol. The number of rotatable bonds is 4. The van der Waals surface area contributed by atoms with Crippen LogP contribution in [0.25, 0.3) is 0 Å². The van der Waals surface area contributed by atoms with Crippen molar-refractivity contribution >= 4 is 47.0 Å². The average Bonchev–Trinajstić information content (AvgIpc) is 2.74. The van der Waals surface area contributed by atoms with Gasteiger partial charge in [-0.25, -0.2) is 0 Å². The Bertz CT molecular complexity index is 979. The van der Waals surface area contributed by atoms with Crippen molar-refractivity contribution in [3.05, 3.63) is 69.2 Å². The first-order chi connectivity index (χ1) is 14.4. The zero-order valence-corrected chi connectivity index (χ0v) is 18.8. The van der Waals surface area contributed by atoms with Crippen molar-refractivity contribution in [1.29, 1.82) is 0 Å². The first-order valence-corrected chi connectivity index (χ1v) is 11.7. The Hall–Kier alpha value is -1.73. The van der Waals surface area contributed by atoms with Crippen molar-refractivity contribution in [1.82, 2.24) is 9.21 Å². The molecule has 0 unspecified atom stereocenters. The van der Waals surface area contributed by atoms with E-state index < -0.39 is 17.9 Å². The highest BCUT2D eigenvalue weighted by atomic mass is 35.5. The SMILES string of the molecule is CSN1CCC(N2C(=O)c3ccccc3[C@@H](C(=O)O)[C@@H]2c2ccc(Cl)cc2Cl)CC1. The molecule has 30 heavy (non-hydrogen) atoms. The number of carbonyl (C=O) groups excluding carboxylic acids is 1. The molecule has 1 saturated heterocycles. The van der Waals surface area contributed by atoms with Crippen LogP contribution in [0, 0.1) is 0 Å². The molecule has 2 atom stereocenters. The van der Waals surface area contributed by atoms with Crippen LogP contribution in [0.1, 0.15) is 46.3 Å². The summed E-state index contributed by atoms with van der Waals surface area (Å²) in [6, 6.07) is 11.3. The minimum atomic E-state index is -0.975. The van der Waals surface area contributed by atoms with Gasteiger partial charge in [0.2, 0.25) is 0 Å². The molecule has 1 N–H and O–H groups in total. The topological polar surface area (TPSA) is 60.9 Å². The van der Waals surface area contributed by atoms with Crippen molar-refractivity contribution in [2.75, 3.05) is 19.3 Å². The van der Waals surface area contributed by atoms with Gasteiger partial charge in [-0.15, -0.1) is 0 Å². The van der Waals surface area contributed by atoms with E-state index in [1.165, 1.54) is 0 Å². The van der Waals surface area contributed by atoms with E-state index >= 15 is 0 Å². The van der Waals surface area contributed by atoms with Crippen molar-refractivity contribution in [2.24, 2.45) is 0 Å². The minimum absolute atomic E-state index is 0.0622. The van der Waals surface area contributed by atoms with Crippen molar-refractivity contribution < 1.29 is 14.7 Å². The predicted molar refractivity (Wildman–Crippen MR) is 120 cm³/mol. The van der Waals surface area contributed by atoms with E-state index in [2.05, 4.69) is 4.31 Å². The number of halogens is 2. The molecule has 5 nitrogen and oxygen atoms in total. The highest BCUT2D eigenvalue weighted by Gasteiger charge is 2.47. The quantitative estimate of drug-likeness (QED) is 0.637. The number of carboxylic acids is 1. The van der Waals surface area contributed by atoms with Crippen LogP contribution in [0.3, 0.4) is 0 Å². The summed E-state index contributed by atoms with van der Waals surface area (Å²) in [6.45, 7) is 1.69. The zero-order chi connectivity index (χ0) is 21.4. The fourth-order valence-corrected chi connectivity index (χ4v) is 5.69. The largest absolute Gasteiger partial charge is 0.481 e. The van der Waals surface area contributed by atoms with Gasteiger partial charge in [-0.3, -0.25) is 13.9 Å². The first kappa shape index (κ1) is 21.5. The molecule has 0 radical (unpaired) electrons. The molecule has 4 rings (SSSR count). The number of nitrogens with zero attached hydrogens (tertiary/aromatic N) is 2. The molecule has 2 heterocycles. The Kier molecular flexibility index (Phi) is 6.30. The Morgan fingerprint density at radius 3 is 2.43 bits per heavy atom. The van der Waals surface area contributed by atoms with Crippen LogP contribution in [-0.4, -0.2) is 51.6 Å². The summed E-state index contributed by atoms with van der Waals surface area (Å²) in [5.74, 6) is -2.02. The number of hydrogen-bond acceptors (Lipinski definition) is 4. The van der Waals surface area contributed by atoms with Crippen LogP contribution in [-0.2, 0) is 4.79 Å². The van der Waals surface area contributed by atoms with E-state index in [1.807, 2.05) is 6.26 Å². The lowest BCUT2D eigenvalue weighted by Crippen LogP contribution is -2.52. The van der Waals surface area contributed by atoms with E-state index in [1.54, 1.807) is 59.3 Å². The average molecular weight is 465 g/mol. The maximum atomic E-state index is 13.6. The second kappa shape index (κ2) is 8.79. The van der Waals surface area contributed by atoms with Gasteiger partial charge in [0.1, 0.15) is 5.92 Å². The predicted octanol–water partition coefficient (Wildman–Crippen LogP) is 5.10. The van der Waals surface area contributed by atoms with Crippen molar-refractivity contribution in [2.45, 2.75) is 30.8 Å². The molecule has 8 heteroatoms. The number of hydrogen-bond donors (Lipinski definition) is 1. The molecule has 2 aromatic carbocycles. The summed E-state index contributed by atoms with van der Waals surface area (Å²) in [4.78, 5) is 27.9. The summed E-state index contributed by atoms with van der Waals surface area (Å²) in [7, 11) is 0. The molecule has 158 valence electrons. The van der Waals surface area contributed by atoms with Gasteiger partial charge < -0.3 is 10.0 Å². The van der Waals surface area contributed by atoms with Gasteiger partial charge in [-0.2, -0.15) is 0 Å². The summed E-state index contributed by atoms with van der Waals surface area (Å²) < 4.78 is 2.26. The van der Waals surface area contributed by atoms with Crippen molar-refractivity contribution in [3.8, 4) is 0 Å². The van der Waals surface area contributed by atoms with Crippen LogP contribution in [0.5, 0.6) is 0 Å². The van der Waals surface area contributed by atoms with Gasteiger partial charge in [0.05, 0.1) is 6.04 Å². The second-order valence-electron chi connectivity index (χ2n) is 7.57. The van der Waals surface area contributed by atoms with Crippen LogP contribution in [0.4, 0.5) is 0 Å². The maximum Gasteiger partial charge on any atom is 0.313 e. The van der Waals surface area contributed by atoms with E-state index in [0.717, 1.165) is 25.9 Å². The fraction of sp³-hybridized carbons (Fsp3) is 0.364. The number of amides is 1. The van der Waals surface area contributed by atoms with Gasteiger partial charge in [0.25, 0.3) is 5.91 Å². The van der Waals surface area contributed by atoms with Gasteiger partial charge in [-0.1, -0.05) is 59.4 Å². The minimum Gasteiger partial charge on any atom is -0.481 e. The summed E-state index contributed by atoms with van der Waals surface area (Å²) >= 11 is 14.3. The Labute approximate surface area is 190 Å². The lowest BCUT2D eigenvalue weighted by molar-refractivity contribution is -0.141. The van der Waals surface area contributed by atoms with Crippen LogP contribution in [0.2, 0.25) is 10.0 Å². The molecule has 0 bridgehead atoms. The number of aliphatic carboxylic acids is 1. The molecular formula is C22H22Cl2N2O3S. The third-order valence-corrected chi connectivity index (χ3v) is 7.44. The van der Waals surface area contributed by atoms with E-state index in [-0.39, 0.29) is 11.9 Å². The number of carboxylic acid groups (broad SMARTS) is 1. The van der Waals surface area contributed by atoms with Crippen molar-refractivity contribution in [3.63, 3.8) is 0 Å². The second-order valence-corrected chi connectivity index (χ2v) is 9.29. The lowest BCUT2D eigenvalue weighted by atomic mass is 9.78. The van der Waals surface area contributed by atoms with Gasteiger partial charge in [-0.05, 0) is 48.4 Å². The van der Waals surface area contributed by atoms with E-state index in [0.29, 0.717) is 26.7 Å². The van der Waals surface area contributed by atoms with Crippen LogP contribution in [0.15, 0.2) is 42.5 Å². The van der Waals surface area contributed by atoms with Crippen LogP contribution < -0.4 is 0 Å². The molecule has 2 aliphatic rings. The maximum absolute atomic E-state index is 13.6. The van der Waals surface area contributed by atoms with E-state index in [4.69, 9.17) is 23.2 Å². The Morgan fingerprint density at radius 1 is 1.10 bits per heavy atom. The molecule has 2 aliphatic heterocycles. The highest BCUT2D eigenvalue weighted by Crippen LogP contribution is 2.47. The molecule has 1 fully saturated rings. The Balaban J connectivity index is 1.86. The first-order valence-electron chi connectivity index (χ1n) is 9.80. The molecule has 0 saturated carbocycles. The van der Waals surface area contributed by atoms with Gasteiger partial charge in [0.15, 0.2) is 0 Å². The number of carbonyl (C=O) groups is 2. The number of benzene rings is 2. The molecular weight excluding hydrogens is 443 g/mol. The summed E-state index contributed by atoms with van der Waals surface area (Å²) in [6.07, 6.45) is 3.60. The third-order valence-electron chi connectivity index (χ3n) is 6.00. The molecule has 0 aromatic heterocycles. The molecule has 2 aromatic rings. The fourth-order valence-electron chi connectivity index (χ4n) is 4.59. The number of piperidine rings is 1. The standard InChI is InChI=1S/C22H22Cl2N2O3S/c1-30-25-10-8-14(9-11-25)26-20(17-7-6-13(23)12-18(17)24)19(22(28)29)15-4-2-3-5-16(15)21(26)27/h2-7,12,14,19-20H,8-11H2,1H3,(H,28,29)/t19-,20+/m1/s1. The molecule has 0 aliphatic carbocycles. The molecule has 1 amide bonds.